The Balaban J connectivity index is 2.81. The first kappa shape index (κ1) is 17.8. The molecular formula is C13H16F3N3O3. The lowest BCUT2D eigenvalue weighted by atomic mass is 10.1. The summed E-state index contributed by atoms with van der Waals surface area (Å²) < 4.78 is 41.0. The molecular weight excluding hydrogens is 303 g/mol. The van der Waals surface area contributed by atoms with Crippen molar-refractivity contribution in [1.82, 2.24) is 10.2 Å². The first-order valence-corrected chi connectivity index (χ1v) is 6.24. The van der Waals surface area contributed by atoms with E-state index in [0.29, 0.717) is 0 Å². The average molecular weight is 319 g/mol. The predicted octanol–water partition coefficient (Wildman–Crippen LogP) is 1.60. The van der Waals surface area contributed by atoms with E-state index in [1.54, 1.807) is 6.07 Å². The number of primary amides is 1. The number of imide groups is 1. The SMILES string of the molecule is CC(C(=O)NC(N)=O)N(C)Cc1ccccc1OC(F)(F)F. The molecule has 1 rings (SSSR count). The molecule has 0 saturated carbocycles. The number of hydrogen-bond acceptors (Lipinski definition) is 4. The molecule has 0 aliphatic rings. The highest BCUT2D eigenvalue weighted by atomic mass is 19.4. The highest BCUT2D eigenvalue weighted by Crippen LogP contribution is 2.27. The number of urea groups is 1. The summed E-state index contributed by atoms with van der Waals surface area (Å²) in [6, 6.07) is 3.84. The molecule has 1 aromatic rings. The van der Waals surface area contributed by atoms with Crippen molar-refractivity contribution in [2.45, 2.75) is 25.9 Å². The minimum Gasteiger partial charge on any atom is -0.405 e. The zero-order valence-corrected chi connectivity index (χ0v) is 12.0. The van der Waals surface area contributed by atoms with E-state index in [1.165, 1.54) is 37.1 Å². The molecule has 0 heterocycles. The van der Waals surface area contributed by atoms with Crippen LogP contribution in [0.5, 0.6) is 5.75 Å². The maximum atomic E-state index is 12.3. The van der Waals surface area contributed by atoms with Crippen LogP contribution in [0.15, 0.2) is 24.3 Å². The second kappa shape index (κ2) is 7.12. The number of carbonyl (C=O) groups is 2. The molecule has 3 amide bonds. The third-order valence-electron chi connectivity index (χ3n) is 2.91. The van der Waals surface area contributed by atoms with Crippen LogP contribution in [0.2, 0.25) is 0 Å². The molecule has 0 spiro atoms. The zero-order chi connectivity index (χ0) is 16.9. The molecule has 1 aromatic carbocycles. The Morgan fingerprint density at radius 1 is 1.36 bits per heavy atom. The maximum Gasteiger partial charge on any atom is 0.573 e. The summed E-state index contributed by atoms with van der Waals surface area (Å²) in [7, 11) is 1.52. The standard InChI is InChI=1S/C13H16F3N3O3/c1-8(11(20)18-12(17)21)19(2)7-9-5-3-4-6-10(9)22-13(14,15)16/h3-6,8H,7H2,1-2H3,(H3,17,18,20,21). The fraction of sp³-hybridized carbons (Fsp3) is 0.385. The van der Waals surface area contributed by atoms with Crippen LogP contribution in [0, 0.1) is 0 Å². The highest BCUT2D eigenvalue weighted by molar-refractivity contribution is 5.96. The normalized spacial score (nSPS) is 12.8. The Labute approximate surface area is 125 Å². The van der Waals surface area contributed by atoms with E-state index >= 15 is 0 Å². The molecule has 1 unspecified atom stereocenters. The maximum absolute atomic E-state index is 12.3. The third-order valence-corrected chi connectivity index (χ3v) is 2.91. The highest BCUT2D eigenvalue weighted by Gasteiger charge is 2.32. The molecule has 1 atom stereocenters. The Bertz CT molecular complexity index is 549. The summed E-state index contributed by atoms with van der Waals surface area (Å²) >= 11 is 0. The van der Waals surface area contributed by atoms with Crippen molar-refractivity contribution in [3.05, 3.63) is 29.8 Å². The Morgan fingerprint density at radius 2 is 1.95 bits per heavy atom. The second-order valence-corrected chi connectivity index (χ2v) is 4.60. The van der Waals surface area contributed by atoms with Gasteiger partial charge in [-0.25, -0.2) is 4.79 Å². The fourth-order valence-electron chi connectivity index (χ4n) is 1.69. The van der Waals surface area contributed by atoms with E-state index in [9.17, 15) is 22.8 Å². The summed E-state index contributed by atoms with van der Waals surface area (Å²) in [5.74, 6) is -0.992. The molecule has 0 aliphatic carbocycles. The molecule has 0 bridgehead atoms. The van der Waals surface area contributed by atoms with Gasteiger partial charge in [0.05, 0.1) is 6.04 Å². The van der Waals surface area contributed by atoms with Crippen molar-refractivity contribution < 1.29 is 27.5 Å². The molecule has 6 nitrogen and oxygen atoms in total. The lowest BCUT2D eigenvalue weighted by Gasteiger charge is -2.24. The summed E-state index contributed by atoms with van der Waals surface area (Å²) in [5.41, 5.74) is 5.09. The van der Waals surface area contributed by atoms with Crippen molar-refractivity contribution >= 4 is 11.9 Å². The molecule has 22 heavy (non-hydrogen) atoms. The van der Waals surface area contributed by atoms with Crippen LogP contribution in [0.4, 0.5) is 18.0 Å². The number of nitrogens with one attached hydrogen (secondary N) is 1. The van der Waals surface area contributed by atoms with Crippen LogP contribution in [-0.4, -0.2) is 36.3 Å². The van der Waals surface area contributed by atoms with Gasteiger partial charge in [-0.15, -0.1) is 13.2 Å². The number of rotatable bonds is 5. The van der Waals surface area contributed by atoms with Crippen LogP contribution in [0.3, 0.4) is 0 Å². The lowest BCUT2D eigenvalue weighted by molar-refractivity contribution is -0.275. The Hall–Kier alpha value is -2.29. The number of ether oxygens (including phenoxy) is 1. The van der Waals surface area contributed by atoms with Gasteiger partial charge in [0.1, 0.15) is 5.75 Å². The summed E-state index contributed by atoms with van der Waals surface area (Å²) in [6.45, 7) is 1.51. The van der Waals surface area contributed by atoms with Crippen molar-refractivity contribution in [3.63, 3.8) is 0 Å². The number of nitrogens with two attached hydrogens (primary N) is 1. The van der Waals surface area contributed by atoms with Gasteiger partial charge in [0.2, 0.25) is 5.91 Å². The number of likely N-dealkylation sites (N-methyl/N-ethyl adjacent to an activating group) is 1. The van der Waals surface area contributed by atoms with Gasteiger partial charge in [0, 0.05) is 12.1 Å². The predicted molar refractivity (Wildman–Crippen MR) is 71.8 cm³/mol. The number of halogens is 3. The molecule has 0 aliphatic heterocycles. The molecule has 9 heteroatoms. The molecule has 3 N–H and O–H groups in total. The van der Waals surface area contributed by atoms with Gasteiger partial charge < -0.3 is 10.5 Å². The van der Waals surface area contributed by atoms with E-state index in [0.717, 1.165) is 0 Å². The number of para-hydroxylation sites is 1. The van der Waals surface area contributed by atoms with Crippen molar-refractivity contribution in [2.75, 3.05) is 7.05 Å². The van der Waals surface area contributed by atoms with Crippen LogP contribution in [0.1, 0.15) is 12.5 Å². The van der Waals surface area contributed by atoms with E-state index in [1.807, 2.05) is 5.32 Å². The number of nitrogens with zero attached hydrogens (tertiary/aromatic N) is 1. The van der Waals surface area contributed by atoms with Gasteiger partial charge in [-0.05, 0) is 20.0 Å². The van der Waals surface area contributed by atoms with E-state index < -0.39 is 24.3 Å². The second-order valence-electron chi connectivity index (χ2n) is 4.60. The number of hydrogen-bond donors (Lipinski definition) is 2. The Morgan fingerprint density at radius 3 is 2.50 bits per heavy atom. The summed E-state index contributed by atoms with van der Waals surface area (Å²) in [4.78, 5) is 23.7. The summed E-state index contributed by atoms with van der Waals surface area (Å²) in [5, 5.41) is 1.91. The first-order valence-electron chi connectivity index (χ1n) is 6.24. The van der Waals surface area contributed by atoms with Gasteiger partial charge >= 0.3 is 12.4 Å². The van der Waals surface area contributed by atoms with Gasteiger partial charge in [-0.1, -0.05) is 18.2 Å². The van der Waals surface area contributed by atoms with E-state index in [-0.39, 0.29) is 17.9 Å². The van der Waals surface area contributed by atoms with Crippen molar-refractivity contribution in [3.8, 4) is 5.75 Å². The van der Waals surface area contributed by atoms with Crippen molar-refractivity contribution in [2.24, 2.45) is 5.73 Å². The van der Waals surface area contributed by atoms with E-state index in [2.05, 4.69) is 4.74 Å². The van der Waals surface area contributed by atoms with Gasteiger partial charge in [0.15, 0.2) is 0 Å². The molecule has 0 aromatic heterocycles. The van der Waals surface area contributed by atoms with Crippen molar-refractivity contribution in [1.29, 1.82) is 0 Å². The largest absolute Gasteiger partial charge is 0.573 e. The van der Waals surface area contributed by atoms with Crippen LogP contribution < -0.4 is 15.8 Å². The monoisotopic (exact) mass is 319 g/mol. The van der Waals surface area contributed by atoms with Gasteiger partial charge in [-0.3, -0.25) is 15.0 Å². The summed E-state index contributed by atoms with van der Waals surface area (Å²) in [6.07, 6.45) is -4.80. The molecule has 0 radical (unpaired) electrons. The lowest BCUT2D eigenvalue weighted by Crippen LogP contribution is -2.46. The molecule has 122 valence electrons. The topological polar surface area (TPSA) is 84.7 Å². The Kier molecular flexibility index (Phi) is 5.75. The van der Waals surface area contributed by atoms with Crippen LogP contribution in [-0.2, 0) is 11.3 Å². The van der Waals surface area contributed by atoms with Gasteiger partial charge in [-0.2, -0.15) is 0 Å². The van der Waals surface area contributed by atoms with Crippen LogP contribution in [0.25, 0.3) is 0 Å². The molecule has 0 fully saturated rings. The molecule has 0 saturated heterocycles. The quantitative estimate of drug-likeness (QED) is 0.863. The first-order chi connectivity index (χ1) is 10.1. The fourth-order valence-corrected chi connectivity index (χ4v) is 1.69. The smallest absolute Gasteiger partial charge is 0.405 e. The average Bonchev–Trinajstić information content (AvgIpc) is 2.37. The minimum atomic E-state index is -4.80. The number of amides is 3. The number of alkyl halides is 3. The zero-order valence-electron chi connectivity index (χ0n) is 12.0. The minimum absolute atomic E-state index is 0.0135. The van der Waals surface area contributed by atoms with E-state index in [4.69, 9.17) is 5.73 Å². The van der Waals surface area contributed by atoms with Gasteiger partial charge in [0.25, 0.3) is 0 Å². The third kappa shape index (κ3) is 5.60. The number of benzene rings is 1. The number of carbonyl (C=O) groups excluding carboxylic acids is 2. The van der Waals surface area contributed by atoms with Crippen LogP contribution >= 0.6 is 0 Å².